The number of thioether (sulfide) groups is 1. The van der Waals surface area contributed by atoms with Crippen molar-refractivity contribution in [2.75, 3.05) is 0 Å². The van der Waals surface area contributed by atoms with Crippen LogP contribution in [0.2, 0.25) is 5.02 Å². The molecule has 0 amide bonds. The van der Waals surface area contributed by atoms with Crippen molar-refractivity contribution in [3.8, 4) is 0 Å². The van der Waals surface area contributed by atoms with Gasteiger partial charge in [0.2, 0.25) is 0 Å². The first-order valence-electron chi connectivity index (χ1n) is 8.26. The molecule has 0 aliphatic carbocycles. The molecule has 0 N–H and O–H groups in total. The van der Waals surface area contributed by atoms with Crippen LogP contribution in [-0.2, 0) is 26.3 Å². The van der Waals surface area contributed by atoms with Gasteiger partial charge in [-0.3, -0.25) is 13.9 Å². The molecule has 0 atom stereocenters. The van der Waals surface area contributed by atoms with Gasteiger partial charge in [-0.25, -0.2) is 14.8 Å². The molecule has 2 aromatic heterocycles. The highest BCUT2D eigenvalue weighted by Gasteiger charge is 2.17. The first-order valence-corrected chi connectivity index (χ1v) is 9.63. The fraction of sp³-hybridized carbons (Fsp3) is 0.333. The van der Waals surface area contributed by atoms with Crippen molar-refractivity contribution in [1.82, 2.24) is 19.1 Å². The summed E-state index contributed by atoms with van der Waals surface area (Å²) in [6.07, 6.45) is 1.55. The maximum atomic E-state index is 12.7. The highest BCUT2D eigenvalue weighted by atomic mass is 35.5. The van der Waals surface area contributed by atoms with E-state index in [4.69, 9.17) is 11.6 Å². The number of benzene rings is 1. The Bertz CT molecular complexity index is 1090. The van der Waals surface area contributed by atoms with Gasteiger partial charge < -0.3 is 0 Å². The molecule has 0 unspecified atom stereocenters. The second-order valence-corrected chi connectivity index (χ2v) is 7.35. The standard InChI is InChI=1S/C18H19ClN4O2S/c1-4-7-13-20-15-14(17(24)23(3)18(25)22(15)2)16(21-13)26-10-11-8-5-6-9-12(11)19/h5-6,8-9H,4,7,10H2,1-3H3. The summed E-state index contributed by atoms with van der Waals surface area (Å²) in [6.45, 7) is 2.03. The number of aryl methyl sites for hydroxylation is 2. The van der Waals surface area contributed by atoms with Gasteiger partial charge in [0.25, 0.3) is 5.56 Å². The van der Waals surface area contributed by atoms with E-state index < -0.39 is 5.69 Å². The molecule has 136 valence electrons. The van der Waals surface area contributed by atoms with E-state index in [1.54, 1.807) is 7.05 Å². The highest BCUT2D eigenvalue weighted by Crippen LogP contribution is 2.28. The Morgan fingerprint density at radius 2 is 1.85 bits per heavy atom. The number of halogens is 1. The predicted molar refractivity (Wildman–Crippen MR) is 105 cm³/mol. The van der Waals surface area contributed by atoms with Gasteiger partial charge in [0.1, 0.15) is 16.2 Å². The number of aromatic nitrogens is 4. The maximum absolute atomic E-state index is 12.7. The van der Waals surface area contributed by atoms with Crippen molar-refractivity contribution < 1.29 is 0 Å². The molecule has 8 heteroatoms. The lowest BCUT2D eigenvalue weighted by Gasteiger charge is -2.12. The summed E-state index contributed by atoms with van der Waals surface area (Å²) in [5.41, 5.74) is 0.557. The molecule has 0 spiro atoms. The molecule has 2 heterocycles. The predicted octanol–water partition coefficient (Wildman–Crippen LogP) is 2.93. The lowest BCUT2D eigenvalue weighted by atomic mass is 10.2. The second-order valence-electron chi connectivity index (χ2n) is 5.98. The van der Waals surface area contributed by atoms with Gasteiger partial charge in [0.15, 0.2) is 5.65 Å². The zero-order chi connectivity index (χ0) is 18.8. The summed E-state index contributed by atoms with van der Waals surface area (Å²) < 4.78 is 2.49. The Morgan fingerprint density at radius 1 is 1.12 bits per heavy atom. The third-order valence-electron chi connectivity index (χ3n) is 4.11. The van der Waals surface area contributed by atoms with Gasteiger partial charge in [-0.05, 0) is 18.1 Å². The van der Waals surface area contributed by atoms with Crippen LogP contribution in [0.3, 0.4) is 0 Å². The Kier molecular flexibility index (Phi) is 5.48. The summed E-state index contributed by atoms with van der Waals surface area (Å²) >= 11 is 7.67. The first kappa shape index (κ1) is 18.7. The fourth-order valence-corrected chi connectivity index (χ4v) is 3.99. The summed E-state index contributed by atoms with van der Waals surface area (Å²) in [4.78, 5) is 34.0. The third-order valence-corrected chi connectivity index (χ3v) is 5.50. The van der Waals surface area contributed by atoms with Gasteiger partial charge in [-0.2, -0.15) is 0 Å². The number of hydrogen-bond acceptors (Lipinski definition) is 5. The Labute approximate surface area is 159 Å². The normalized spacial score (nSPS) is 11.2. The van der Waals surface area contributed by atoms with Crippen molar-refractivity contribution in [3.63, 3.8) is 0 Å². The Morgan fingerprint density at radius 3 is 2.54 bits per heavy atom. The third kappa shape index (κ3) is 3.41. The monoisotopic (exact) mass is 390 g/mol. The van der Waals surface area contributed by atoms with Gasteiger partial charge in [-0.15, -0.1) is 11.8 Å². The molecular formula is C18H19ClN4O2S. The van der Waals surface area contributed by atoms with Gasteiger partial charge >= 0.3 is 5.69 Å². The summed E-state index contributed by atoms with van der Waals surface area (Å²) in [6, 6.07) is 7.58. The molecule has 6 nitrogen and oxygen atoms in total. The van der Waals surface area contributed by atoms with E-state index in [9.17, 15) is 9.59 Å². The topological polar surface area (TPSA) is 69.8 Å². The first-order chi connectivity index (χ1) is 12.4. The molecule has 0 radical (unpaired) electrons. The number of fused-ring (bicyclic) bond motifs is 1. The van der Waals surface area contributed by atoms with Crippen LogP contribution >= 0.6 is 23.4 Å². The molecule has 0 aliphatic heterocycles. The highest BCUT2D eigenvalue weighted by molar-refractivity contribution is 7.98. The van der Waals surface area contributed by atoms with Crippen molar-refractivity contribution in [2.45, 2.75) is 30.5 Å². The smallest absolute Gasteiger partial charge is 0.280 e. The van der Waals surface area contributed by atoms with Crippen LogP contribution in [0, 0.1) is 0 Å². The van der Waals surface area contributed by atoms with Crippen LogP contribution in [0.5, 0.6) is 0 Å². The van der Waals surface area contributed by atoms with Gasteiger partial charge in [0, 0.05) is 31.3 Å². The van der Waals surface area contributed by atoms with E-state index in [0.717, 1.165) is 16.6 Å². The molecule has 0 fully saturated rings. The quantitative estimate of drug-likeness (QED) is 0.495. The van der Waals surface area contributed by atoms with Crippen LogP contribution in [0.1, 0.15) is 24.7 Å². The van der Waals surface area contributed by atoms with Crippen LogP contribution < -0.4 is 11.2 Å². The van der Waals surface area contributed by atoms with E-state index in [0.29, 0.717) is 39.1 Å². The number of rotatable bonds is 5. The summed E-state index contributed by atoms with van der Waals surface area (Å²) in [5, 5.41) is 1.62. The zero-order valence-corrected chi connectivity index (χ0v) is 16.4. The minimum absolute atomic E-state index is 0.367. The average Bonchev–Trinajstić information content (AvgIpc) is 2.64. The average molecular weight is 391 g/mol. The lowest BCUT2D eigenvalue weighted by Crippen LogP contribution is -2.37. The van der Waals surface area contributed by atoms with Crippen LogP contribution in [-0.4, -0.2) is 19.1 Å². The molecule has 0 saturated heterocycles. The minimum Gasteiger partial charge on any atom is -0.280 e. The molecular weight excluding hydrogens is 372 g/mol. The lowest BCUT2D eigenvalue weighted by molar-refractivity contribution is 0.696. The molecule has 0 saturated carbocycles. The van der Waals surface area contributed by atoms with Crippen LogP contribution in [0.25, 0.3) is 11.0 Å². The molecule has 26 heavy (non-hydrogen) atoms. The minimum atomic E-state index is -0.397. The molecule has 3 rings (SSSR count). The number of nitrogens with zero attached hydrogens (tertiary/aromatic N) is 4. The maximum Gasteiger partial charge on any atom is 0.332 e. The van der Waals surface area contributed by atoms with Crippen molar-refractivity contribution >= 4 is 34.4 Å². The van der Waals surface area contributed by atoms with E-state index in [1.807, 2.05) is 31.2 Å². The van der Waals surface area contributed by atoms with E-state index in [2.05, 4.69) is 9.97 Å². The van der Waals surface area contributed by atoms with E-state index in [1.165, 1.54) is 23.4 Å². The largest absolute Gasteiger partial charge is 0.332 e. The summed E-state index contributed by atoms with van der Waals surface area (Å²) in [7, 11) is 3.09. The van der Waals surface area contributed by atoms with Gasteiger partial charge in [-0.1, -0.05) is 36.7 Å². The van der Waals surface area contributed by atoms with Crippen molar-refractivity contribution in [1.29, 1.82) is 0 Å². The van der Waals surface area contributed by atoms with E-state index >= 15 is 0 Å². The molecule has 1 aromatic carbocycles. The van der Waals surface area contributed by atoms with Crippen molar-refractivity contribution in [3.05, 3.63) is 61.5 Å². The van der Waals surface area contributed by atoms with Crippen LogP contribution in [0.15, 0.2) is 38.9 Å². The second kappa shape index (κ2) is 7.63. The fourth-order valence-electron chi connectivity index (χ4n) is 2.67. The molecule has 0 bridgehead atoms. The Balaban J connectivity index is 2.17. The Hall–Kier alpha value is -2.12. The number of hydrogen-bond donors (Lipinski definition) is 0. The van der Waals surface area contributed by atoms with Crippen molar-refractivity contribution in [2.24, 2.45) is 14.1 Å². The zero-order valence-electron chi connectivity index (χ0n) is 14.8. The molecule has 0 aliphatic rings. The molecule has 3 aromatic rings. The SMILES string of the molecule is CCCc1nc(SCc2ccccc2Cl)c2c(=O)n(C)c(=O)n(C)c2n1. The van der Waals surface area contributed by atoms with E-state index in [-0.39, 0.29) is 5.56 Å². The van der Waals surface area contributed by atoms with Gasteiger partial charge in [0.05, 0.1) is 0 Å². The van der Waals surface area contributed by atoms with Crippen LogP contribution in [0.4, 0.5) is 0 Å². The summed E-state index contributed by atoms with van der Waals surface area (Å²) in [5.74, 6) is 1.20.